The highest BCUT2D eigenvalue weighted by Gasteiger charge is 2.34. The molecule has 0 unspecified atom stereocenters. The number of anilines is 1. The summed E-state index contributed by atoms with van der Waals surface area (Å²) < 4.78 is 39.1. The van der Waals surface area contributed by atoms with E-state index in [9.17, 15) is 13.2 Å². The monoisotopic (exact) mass is 491 g/mol. The third-order valence-electron chi connectivity index (χ3n) is 6.08. The molecule has 8 nitrogen and oxygen atoms in total. The van der Waals surface area contributed by atoms with Crippen LogP contribution in [-0.4, -0.2) is 37.0 Å². The molecule has 35 heavy (non-hydrogen) atoms. The fourth-order valence-corrected chi connectivity index (χ4v) is 6.00. The average Bonchev–Trinajstić information content (AvgIpc) is 3.36. The number of pyridine rings is 1. The minimum atomic E-state index is -3.70. The average molecular weight is 492 g/mol. The zero-order chi connectivity index (χ0) is 24.3. The molecule has 0 radical (unpaired) electrons. The van der Waals surface area contributed by atoms with Crippen LogP contribution in [0.2, 0.25) is 0 Å². The summed E-state index contributed by atoms with van der Waals surface area (Å²) in [5.41, 5.74) is 2.20. The number of piperidine rings is 1. The number of hydrogen-bond donors (Lipinski definition) is 1. The summed E-state index contributed by atoms with van der Waals surface area (Å²) in [5.74, 6) is 0.993. The third-order valence-corrected chi connectivity index (χ3v) is 8.00. The van der Waals surface area contributed by atoms with Crippen molar-refractivity contribution in [2.24, 2.45) is 0 Å². The number of carbonyl (C=O) groups excluding carboxylic acids is 1. The molecule has 5 rings (SSSR count). The van der Waals surface area contributed by atoms with Crippen LogP contribution in [0, 0.1) is 0 Å². The molecule has 1 N–H and O–H groups in total. The minimum absolute atomic E-state index is 0.191. The Morgan fingerprint density at radius 2 is 1.89 bits per heavy atom. The SMILES string of the molecule is O=C(/C=C/c1ccc2c(c1)OCO2)Nc1ccc(S(=O)(=O)N2CCCC[C@@H]2c2cccnc2)cc1. The predicted octanol–water partition coefficient (Wildman–Crippen LogP) is 4.38. The summed E-state index contributed by atoms with van der Waals surface area (Å²) in [6, 6.07) is 15.2. The Bertz CT molecular complexity index is 1340. The lowest BCUT2D eigenvalue weighted by atomic mass is 9.99. The zero-order valence-corrected chi connectivity index (χ0v) is 19.8. The maximum absolute atomic E-state index is 13.4. The highest BCUT2D eigenvalue weighted by Crippen LogP contribution is 2.35. The molecule has 3 aromatic rings. The van der Waals surface area contributed by atoms with E-state index < -0.39 is 10.0 Å². The Kier molecular flexibility index (Phi) is 6.52. The second-order valence-corrected chi connectivity index (χ2v) is 10.3. The van der Waals surface area contributed by atoms with Gasteiger partial charge in [0.15, 0.2) is 11.5 Å². The van der Waals surface area contributed by atoms with E-state index in [0.717, 1.165) is 30.4 Å². The normalized spacial score (nSPS) is 18.0. The van der Waals surface area contributed by atoms with Gasteiger partial charge in [-0.2, -0.15) is 4.31 Å². The molecule has 1 atom stereocenters. The number of rotatable bonds is 6. The van der Waals surface area contributed by atoms with Gasteiger partial charge in [-0.05, 0) is 72.5 Å². The van der Waals surface area contributed by atoms with Crippen molar-refractivity contribution in [2.45, 2.75) is 30.2 Å². The van der Waals surface area contributed by atoms with E-state index in [1.54, 1.807) is 47.0 Å². The molecule has 0 saturated carbocycles. The van der Waals surface area contributed by atoms with Gasteiger partial charge in [0.1, 0.15) is 0 Å². The van der Waals surface area contributed by atoms with Crippen molar-refractivity contribution in [3.63, 3.8) is 0 Å². The summed E-state index contributed by atoms with van der Waals surface area (Å²) >= 11 is 0. The Hall–Kier alpha value is -3.69. The first kappa shape index (κ1) is 23.1. The maximum Gasteiger partial charge on any atom is 0.248 e. The van der Waals surface area contributed by atoms with Crippen molar-refractivity contribution < 1.29 is 22.7 Å². The van der Waals surface area contributed by atoms with E-state index in [-0.39, 0.29) is 23.6 Å². The molecule has 2 aliphatic rings. The Morgan fingerprint density at radius 1 is 1.06 bits per heavy atom. The number of hydrogen-bond acceptors (Lipinski definition) is 6. The van der Waals surface area contributed by atoms with Gasteiger partial charge in [-0.15, -0.1) is 0 Å². The van der Waals surface area contributed by atoms with Gasteiger partial charge in [-0.1, -0.05) is 18.6 Å². The first-order valence-corrected chi connectivity index (χ1v) is 12.9. The molecule has 0 spiro atoms. The molecule has 1 amide bonds. The topological polar surface area (TPSA) is 97.8 Å². The van der Waals surface area contributed by atoms with E-state index >= 15 is 0 Å². The fraction of sp³-hybridized carbons (Fsp3) is 0.231. The summed E-state index contributed by atoms with van der Waals surface area (Å²) in [6.45, 7) is 0.654. The standard InChI is InChI=1S/C26H25N3O5S/c30-26(13-7-19-6-12-24-25(16-19)34-18-33-24)28-21-8-10-22(11-9-21)35(31,32)29-15-2-1-5-23(29)20-4-3-14-27-17-20/h3-4,6-14,16-17,23H,1-2,5,15,18H2,(H,28,30)/b13-7+/t23-/m1/s1. The highest BCUT2D eigenvalue weighted by molar-refractivity contribution is 7.89. The highest BCUT2D eigenvalue weighted by atomic mass is 32.2. The first-order valence-electron chi connectivity index (χ1n) is 11.4. The van der Waals surface area contributed by atoms with Crippen LogP contribution >= 0.6 is 0 Å². The van der Waals surface area contributed by atoms with Crippen LogP contribution in [0.4, 0.5) is 5.69 Å². The number of benzene rings is 2. The van der Waals surface area contributed by atoms with Gasteiger partial charge in [0, 0.05) is 30.7 Å². The molecular weight excluding hydrogens is 466 g/mol. The lowest BCUT2D eigenvalue weighted by Gasteiger charge is -2.34. The van der Waals surface area contributed by atoms with Crippen molar-refractivity contribution in [3.05, 3.63) is 84.2 Å². The molecule has 0 bridgehead atoms. The van der Waals surface area contributed by atoms with Crippen LogP contribution in [-0.2, 0) is 14.8 Å². The number of nitrogens with one attached hydrogen (secondary N) is 1. The molecule has 9 heteroatoms. The van der Waals surface area contributed by atoms with Crippen LogP contribution < -0.4 is 14.8 Å². The molecule has 2 aliphatic heterocycles. The Morgan fingerprint density at radius 3 is 2.69 bits per heavy atom. The Balaban J connectivity index is 1.26. The molecule has 1 saturated heterocycles. The van der Waals surface area contributed by atoms with Gasteiger partial charge >= 0.3 is 0 Å². The summed E-state index contributed by atoms with van der Waals surface area (Å²) in [6.07, 6.45) is 9.04. The molecule has 180 valence electrons. The van der Waals surface area contributed by atoms with Gasteiger partial charge in [0.25, 0.3) is 0 Å². The largest absolute Gasteiger partial charge is 0.454 e. The van der Waals surface area contributed by atoms with Crippen LogP contribution in [0.5, 0.6) is 11.5 Å². The summed E-state index contributed by atoms with van der Waals surface area (Å²) in [7, 11) is -3.70. The third kappa shape index (κ3) is 5.06. The number of aromatic nitrogens is 1. The van der Waals surface area contributed by atoms with E-state index in [1.165, 1.54) is 18.2 Å². The van der Waals surface area contributed by atoms with Crippen LogP contribution in [0.15, 0.2) is 78.0 Å². The van der Waals surface area contributed by atoms with Crippen LogP contribution in [0.25, 0.3) is 6.08 Å². The van der Waals surface area contributed by atoms with E-state index in [0.29, 0.717) is 23.7 Å². The van der Waals surface area contributed by atoms with E-state index in [2.05, 4.69) is 10.3 Å². The molecule has 3 heterocycles. The molecular formula is C26H25N3O5S. The van der Waals surface area contributed by atoms with Crippen molar-refractivity contribution >= 4 is 27.7 Å². The molecule has 2 aromatic carbocycles. The summed E-state index contributed by atoms with van der Waals surface area (Å²) in [5, 5.41) is 2.76. The van der Waals surface area contributed by atoms with Gasteiger partial charge in [0.2, 0.25) is 22.7 Å². The van der Waals surface area contributed by atoms with Crippen molar-refractivity contribution in [3.8, 4) is 11.5 Å². The lowest BCUT2D eigenvalue weighted by Crippen LogP contribution is -2.38. The van der Waals surface area contributed by atoms with Crippen molar-refractivity contribution in [2.75, 3.05) is 18.7 Å². The second kappa shape index (κ2) is 9.89. The predicted molar refractivity (Wildman–Crippen MR) is 131 cm³/mol. The second-order valence-electron chi connectivity index (χ2n) is 8.37. The van der Waals surface area contributed by atoms with Crippen molar-refractivity contribution in [1.29, 1.82) is 0 Å². The minimum Gasteiger partial charge on any atom is -0.454 e. The number of amides is 1. The number of fused-ring (bicyclic) bond motifs is 1. The molecule has 1 aromatic heterocycles. The van der Waals surface area contributed by atoms with Gasteiger partial charge < -0.3 is 14.8 Å². The van der Waals surface area contributed by atoms with E-state index in [1.807, 2.05) is 18.2 Å². The number of carbonyl (C=O) groups is 1. The molecule has 1 fully saturated rings. The van der Waals surface area contributed by atoms with Gasteiger partial charge in [-0.3, -0.25) is 9.78 Å². The van der Waals surface area contributed by atoms with Crippen LogP contribution in [0.1, 0.15) is 36.4 Å². The van der Waals surface area contributed by atoms with Gasteiger partial charge in [-0.25, -0.2) is 8.42 Å². The summed E-state index contributed by atoms with van der Waals surface area (Å²) in [4.78, 5) is 16.7. The smallest absolute Gasteiger partial charge is 0.248 e. The lowest BCUT2D eigenvalue weighted by molar-refractivity contribution is -0.111. The maximum atomic E-state index is 13.4. The zero-order valence-electron chi connectivity index (χ0n) is 19.0. The van der Waals surface area contributed by atoms with Gasteiger partial charge in [0.05, 0.1) is 10.9 Å². The Labute approximate surface area is 204 Å². The number of ether oxygens (including phenoxy) is 2. The van der Waals surface area contributed by atoms with Crippen molar-refractivity contribution in [1.82, 2.24) is 9.29 Å². The molecule has 0 aliphatic carbocycles. The quantitative estimate of drug-likeness (QED) is 0.514. The van der Waals surface area contributed by atoms with Crippen LogP contribution in [0.3, 0.4) is 0 Å². The number of sulfonamides is 1. The first-order chi connectivity index (χ1) is 17.0. The number of nitrogens with zero attached hydrogens (tertiary/aromatic N) is 2. The van der Waals surface area contributed by atoms with E-state index in [4.69, 9.17) is 9.47 Å². The fourth-order valence-electron chi connectivity index (χ4n) is 4.32.